The number of nitriles is 1. The van der Waals surface area contributed by atoms with E-state index in [1.54, 1.807) is 13.1 Å². The Balaban J connectivity index is 1.94. The number of likely N-dealkylation sites (tertiary alicyclic amines) is 1. The van der Waals surface area contributed by atoms with E-state index in [1.165, 1.54) is 0 Å². The highest BCUT2D eigenvalue weighted by atomic mass is 19.1. The van der Waals surface area contributed by atoms with E-state index in [9.17, 15) is 13.6 Å². The first-order valence-corrected chi connectivity index (χ1v) is 7.12. The standard InChI is InChI=1S/C15H18F2N4O/c1-19-14(22)9-21-4-2-11(3-5-21)20-15-12(16)6-10(8-18)7-13(15)17/h6-7,11,20H,2-5,9H2,1H3,(H,19,22). The Morgan fingerprint density at radius 2 is 1.95 bits per heavy atom. The van der Waals surface area contributed by atoms with Crippen molar-refractivity contribution < 1.29 is 13.6 Å². The number of nitrogens with one attached hydrogen (secondary N) is 2. The number of nitrogens with zero attached hydrogens (tertiary/aromatic N) is 2. The smallest absolute Gasteiger partial charge is 0.233 e. The number of benzene rings is 1. The molecule has 1 aliphatic rings. The molecule has 1 fully saturated rings. The van der Waals surface area contributed by atoms with Crippen LogP contribution in [-0.2, 0) is 4.79 Å². The highest BCUT2D eigenvalue weighted by molar-refractivity contribution is 5.77. The summed E-state index contributed by atoms with van der Waals surface area (Å²) in [7, 11) is 1.59. The summed E-state index contributed by atoms with van der Waals surface area (Å²) in [6, 6.07) is 3.70. The molecule has 2 N–H and O–H groups in total. The van der Waals surface area contributed by atoms with Gasteiger partial charge in [0.25, 0.3) is 0 Å². The number of hydrogen-bond donors (Lipinski definition) is 2. The fraction of sp³-hybridized carbons (Fsp3) is 0.467. The van der Waals surface area contributed by atoms with E-state index in [2.05, 4.69) is 10.6 Å². The summed E-state index contributed by atoms with van der Waals surface area (Å²) >= 11 is 0. The van der Waals surface area contributed by atoms with Crippen LogP contribution in [-0.4, -0.2) is 43.5 Å². The summed E-state index contributed by atoms with van der Waals surface area (Å²) in [5, 5.41) is 14.1. The minimum Gasteiger partial charge on any atom is -0.377 e. The van der Waals surface area contributed by atoms with Crippen LogP contribution in [0.3, 0.4) is 0 Å². The zero-order valence-electron chi connectivity index (χ0n) is 12.3. The molecule has 2 rings (SSSR count). The molecule has 22 heavy (non-hydrogen) atoms. The molecule has 5 nitrogen and oxygen atoms in total. The second-order valence-electron chi connectivity index (χ2n) is 5.29. The predicted molar refractivity (Wildman–Crippen MR) is 78.2 cm³/mol. The Morgan fingerprint density at radius 3 is 2.45 bits per heavy atom. The molecule has 1 amide bonds. The molecule has 0 spiro atoms. The fourth-order valence-corrected chi connectivity index (χ4v) is 2.50. The first-order valence-electron chi connectivity index (χ1n) is 7.12. The summed E-state index contributed by atoms with van der Waals surface area (Å²) in [6.45, 7) is 1.71. The van der Waals surface area contributed by atoms with E-state index in [4.69, 9.17) is 5.26 Å². The third-order valence-corrected chi connectivity index (χ3v) is 3.75. The van der Waals surface area contributed by atoms with Crippen molar-refractivity contribution in [1.29, 1.82) is 5.26 Å². The normalized spacial score (nSPS) is 16.1. The Bertz CT molecular complexity index is 569. The van der Waals surface area contributed by atoms with Gasteiger partial charge >= 0.3 is 0 Å². The van der Waals surface area contributed by atoms with Gasteiger partial charge in [-0.15, -0.1) is 0 Å². The van der Waals surface area contributed by atoms with Crippen LogP contribution in [0.2, 0.25) is 0 Å². The van der Waals surface area contributed by atoms with Crippen LogP contribution < -0.4 is 10.6 Å². The number of halogens is 2. The Kier molecular flexibility index (Phi) is 5.28. The van der Waals surface area contributed by atoms with E-state index in [1.807, 2.05) is 4.90 Å². The van der Waals surface area contributed by atoms with Gasteiger partial charge < -0.3 is 10.6 Å². The molecule has 1 heterocycles. The van der Waals surface area contributed by atoms with Crippen LogP contribution in [0.4, 0.5) is 14.5 Å². The van der Waals surface area contributed by atoms with Crippen molar-refractivity contribution in [2.75, 3.05) is 32.0 Å². The van der Waals surface area contributed by atoms with Crippen LogP contribution in [0.1, 0.15) is 18.4 Å². The lowest BCUT2D eigenvalue weighted by Crippen LogP contribution is -2.43. The topological polar surface area (TPSA) is 68.2 Å². The molecular weight excluding hydrogens is 290 g/mol. The third kappa shape index (κ3) is 3.92. The fourth-order valence-electron chi connectivity index (χ4n) is 2.50. The third-order valence-electron chi connectivity index (χ3n) is 3.75. The summed E-state index contributed by atoms with van der Waals surface area (Å²) in [5.74, 6) is -1.57. The van der Waals surface area contributed by atoms with E-state index in [0.717, 1.165) is 12.1 Å². The zero-order chi connectivity index (χ0) is 16.1. The maximum Gasteiger partial charge on any atom is 0.233 e. The van der Waals surface area contributed by atoms with Crippen molar-refractivity contribution in [2.24, 2.45) is 0 Å². The van der Waals surface area contributed by atoms with Gasteiger partial charge in [-0.3, -0.25) is 9.69 Å². The molecule has 0 unspecified atom stereocenters. The number of carbonyl (C=O) groups is 1. The second-order valence-corrected chi connectivity index (χ2v) is 5.29. The highest BCUT2D eigenvalue weighted by Gasteiger charge is 2.22. The lowest BCUT2D eigenvalue weighted by atomic mass is 10.0. The number of piperidine rings is 1. The molecule has 0 bridgehead atoms. The van der Waals surface area contributed by atoms with E-state index < -0.39 is 11.6 Å². The van der Waals surface area contributed by atoms with Crippen molar-refractivity contribution in [3.05, 3.63) is 29.3 Å². The van der Waals surface area contributed by atoms with Crippen LogP contribution in [0.25, 0.3) is 0 Å². The maximum atomic E-state index is 13.8. The molecule has 7 heteroatoms. The monoisotopic (exact) mass is 308 g/mol. The number of carbonyl (C=O) groups excluding carboxylic acids is 1. The van der Waals surface area contributed by atoms with Gasteiger partial charge in [0.05, 0.1) is 18.2 Å². The van der Waals surface area contributed by atoms with Gasteiger partial charge in [-0.25, -0.2) is 8.78 Å². The van der Waals surface area contributed by atoms with E-state index in [0.29, 0.717) is 32.5 Å². The molecule has 0 aromatic heterocycles. The summed E-state index contributed by atoms with van der Waals surface area (Å²) in [4.78, 5) is 13.3. The van der Waals surface area contributed by atoms with E-state index >= 15 is 0 Å². The van der Waals surface area contributed by atoms with Gasteiger partial charge in [-0.1, -0.05) is 0 Å². The second kappa shape index (κ2) is 7.18. The maximum absolute atomic E-state index is 13.8. The lowest BCUT2D eigenvalue weighted by Gasteiger charge is -2.32. The van der Waals surface area contributed by atoms with Crippen molar-refractivity contribution in [3.63, 3.8) is 0 Å². The molecule has 0 saturated carbocycles. The SMILES string of the molecule is CNC(=O)CN1CCC(Nc2c(F)cc(C#N)cc2F)CC1. The van der Waals surface area contributed by atoms with Gasteiger partial charge in [0, 0.05) is 26.2 Å². The Labute approximate surface area is 127 Å². The number of anilines is 1. The van der Waals surface area contributed by atoms with Crippen molar-refractivity contribution in [3.8, 4) is 6.07 Å². The molecule has 118 valence electrons. The quantitative estimate of drug-likeness (QED) is 0.883. The average Bonchev–Trinajstić information content (AvgIpc) is 2.52. The largest absolute Gasteiger partial charge is 0.377 e. The molecule has 0 atom stereocenters. The first kappa shape index (κ1) is 16.2. The minimum atomic E-state index is -0.760. The van der Waals surface area contributed by atoms with Crippen LogP contribution >= 0.6 is 0 Å². The Morgan fingerprint density at radius 1 is 1.36 bits per heavy atom. The molecule has 0 aliphatic carbocycles. The molecule has 1 aromatic carbocycles. The van der Waals surface area contributed by atoms with Crippen LogP contribution in [0, 0.1) is 23.0 Å². The van der Waals surface area contributed by atoms with Crippen molar-refractivity contribution >= 4 is 11.6 Å². The average molecular weight is 308 g/mol. The van der Waals surface area contributed by atoms with Crippen LogP contribution in [0.15, 0.2) is 12.1 Å². The number of rotatable bonds is 4. The summed E-state index contributed by atoms with van der Waals surface area (Å²) in [5.41, 5.74) is -0.232. The number of hydrogen-bond acceptors (Lipinski definition) is 4. The number of amides is 1. The molecule has 1 saturated heterocycles. The molecule has 0 radical (unpaired) electrons. The van der Waals surface area contributed by atoms with Crippen LogP contribution in [0.5, 0.6) is 0 Å². The van der Waals surface area contributed by atoms with E-state index in [-0.39, 0.29) is 23.2 Å². The van der Waals surface area contributed by atoms with Gasteiger partial charge in [0.15, 0.2) is 11.6 Å². The van der Waals surface area contributed by atoms with Gasteiger partial charge in [0.2, 0.25) is 5.91 Å². The Hall–Kier alpha value is -2.20. The summed E-state index contributed by atoms with van der Waals surface area (Å²) < 4.78 is 27.7. The van der Waals surface area contributed by atoms with Gasteiger partial charge in [0.1, 0.15) is 5.69 Å². The van der Waals surface area contributed by atoms with Crippen molar-refractivity contribution in [1.82, 2.24) is 10.2 Å². The lowest BCUT2D eigenvalue weighted by molar-refractivity contribution is -0.122. The molecule has 1 aromatic rings. The van der Waals surface area contributed by atoms with Gasteiger partial charge in [-0.05, 0) is 25.0 Å². The van der Waals surface area contributed by atoms with Gasteiger partial charge in [-0.2, -0.15) is 5.26 Å². The minimum absolute atomic E-state index is 0.0408. The first-order chi connectivity index (χ1) is 10.5. The predicted octanol–water partition coefficient (Wildman–Crippen LogP) is 1.46. The molecule has 1 aliphatic heterocycles. The molecular formula is C15H18F2N4O. The highest BCUT2D eigenvalue weighted by Crippen LogP contribution is 2.24. The zero-order valence-corrected chi connectivity index (χ0v) is 12.3. The van der Waals surface area contributed by atoms with Crippen molar-refractivity contribution in [2.45, 2.75) is 18.9 Å². The summed E-state index contributed by atoms with van der Waals surface area (Å²) in [6.07, 6.45) is 1.38. The number of likely N-dealkylation sites (N-methyl/N-ethyl adjacent to an activating group) is 1.